The van der Waals surface area contributed by atoms with Gasteiger partial charge >= 0.3 is 0 Å². The van der Waals surface area contributed by atoms with Crippen LogP contribution in [-0.4, -0.2) is 40.6 Å². The van der Waals surface area contributed by atoms with Gasteiger partial charge in [-0.2, -0.15) is 11.8 Å². The van der Waals surface area contributed by atoms with Crippen molar-refractivity contribution in [3.8, 4) is 0 Å². The number of hydrogen-bond acceptors (Lipinski definition) is 3. The average molecular weight is 256 g/mol. The van der Waals surface area contributed by atoms with Gasteiger partial charge in [0, 0.05) is 23.4 Å². The molecule has 0 aromatic rings. The highest BCUT2D eigenvalue weighted by Gasteiger charge is 2.47. The average Bonchev–Trinajstić information content (AvgIpc) is 3.16. The second-order valence-electron chi connectivity index (χ2n) is 5.70. The molecule has 1 aliphatic carbocycles. The lowest BCUT2D eigenvalue weighted by Gasteiger charge is -2.50. The summed E-state index contributed by atoms with van der Waals surface area (Å²) in [5.41, 5.74) is 6.52. The summed E-state index contributed by atoms with van der Waals surface area (Å²) in [6, 6.07) is 0.853. The maximum Gasteiger partial charge on any atom is 0.0450 e. The molecule has 0 spiro atoms. The second-order valence-corrected chi connectivity index (χ2v) is 7.15. The van der Waals surface area contributed by atoms with Crippen molar-refractivity contribution in [3.63, 3.8) is 0 Å². The monoisotopic (exact) mass is 256 g/mol. The topological polar surface area (TPSA) is 29.3 Å². The van der Waals surface area contributed by atoms with E-state index >= 15 is 0 Å². The second kappa shape index (κ2) is 5.94. The maximum absolute atomic E-state index is 6.21. The van der Waals surface area contributed by atoms with Crippen LogP contribution in [0.5, 0.6) is 0 Å². The van der Waals surface area contributed by atoms with E-state index in [1.807, 2.05) is 0 Å². The van der Waals surface area contributed by atoms with E-state index in [1.165, 1.54) is 50.8 Å². The molecule has 0 radical (unpaired) electrons. The van der Waals surface area contributed by atoms with Gasteiger partial charge in [0.05, 0.1) is 0 Å². The molecule has 0 aromatic carbocycles. The van der Waals surface area contributed by atoms with Crippen LogP contribution in [0.3, 0.4) is 0 Å². The molecule has 2 fully saturated rings. The van der Waals surface area contributed by atoms with Crippen LogP contribution in [-0.2, 0) is 0 Å². The Labute approximate surface area is 111 Å². The van der Waals surface area contributed by atoms with E-state index in [-0.39, 0.29) is 0 Å². The molecule has 17 heavy (non-hydrogen) atoms. The highest BCUT2D eigenvalue weighted by molar-refractivity contribution is 8.00. The zero-order valence-corrected chi connectivity index (χ0v) is 12.3. The van der Waals surface area contributed by atoms with Crippen molar-refractivity contribution in [1.29, 1.82) is 0 Å². The molecule has 2 unspecified atom stereocenters. The van der Waals surface area contributed by atoms with Gasteiger partial charge in [0.1, 0.15) is 0 Å². The van der Waals surface area contributed by atoms with Gasteiger partial charge in [-0.1, -0.05) is 20.3 Å². The van der Waals surface area contributed by atoms with Gasteiger partial charge in [0.2, 0.25) is 0 Å². The number of thioether (sulfide) groups is 1. The largest absolute Gasteiger partial charge is 0.329 e. The van der Waals surface area contributed by atoms with Crippen LogP contribution in [0.4, 0.5) is 0 Å². The highest BCUT2D eigenvalue weighted by Crippen LogP contribution is 2.43. The van der Waals surface area contributed by atoms with Crippen LogP contribution in [0.2, 0.25) is 0 Å². The van der Waals surface area contributed by atoms with Gasteiger partial charge in [-0.25, -0.2) is 0 Å². The first-order valence-electron chi connectivity index (χ1n) is 7.33. The van der Waals surface area contributed by atoms with Crippen LogP contribution in [0.15, 0.2) is 0 Å². The van der Waals surface area contributed by atoms with Crippen LogP contribution in [0, 0.1) is 0 Å². The number of nitrogens with two attached hydrogens (primary N) is 1. The molecule has 2 N–H and O–H groups in total. The number of rotatable bonds is 6. The molecule has 0 aromatic heterocycles. The fraction of sp³-hybridized carbons (Fsp3) is 1.00. The van der Waals surface area contributed by atoms with E-state index in [1.54, 1.807) is 0 Å². The lowest BCUT2D eigenvalue weighted by molar-refractivity contribution is 0.0715. The van der Waals surface area contributed by atoms with E-state index in [0.717, 1.165) is 12.6 Å². The van der Waals surface area contributed by atoms with E-state index in [9.17, 15) is 0 Å². The first-order chi connectivity index (χ1) is 8.24. The minimum absolute atomic E-state index is 0.305. The third kappa shape index (κ3) is 2.82. The summed E-state index contributed by atoms with van der Waals surface area (Å²) in [6.45, 7) is 6.81. The first-order valence-corrected chi connectivity index (χ1v) is 8.38. The lowest BCUT2D eigenvalue weighted by atomic mass is 9.87. The van der Waals surface area contributed by atoms with Crippen LogP contribution in [0.25, 0.3) is 0 Å². The zero-order chi connectivity index (χ0) is 12.3. The molecule has 0 amide bonds. The third-order valence-electron chi connectivity index (χ3n) is 4.54. The van der Waals surface area contributed by atoms with E-state index in [2.05, 4.69) is 30.5 Å². The summed E-state index contributed by atoms with van der Waals surface area (Å²) in [6.07, 6.45) is 8.10. The lowest BCUT2D eigenvalue weighted by Crippen LogP contribution is -2.61. The SMILES string of the molecule is CCCCN(C1CC1)C1(CN)CCCSC1C. The fourth-order valence-corrected chi connectivity index (χ4v) is 4.57. The molecule has 0 bridgehead atoms. The molecule has 1 aliphatic heterocycles. The molecule has 3 heteroatoms. The van der Waals surface area contributed by atoms with Gasteiger partial charge in [-0.3, -0.25) is 4.90 Å². The Balaban J connectivity index is 2.10. The molecule has 2 nitrogen and oxygen atoms in total. The Hall–Kier alpha value is 0.270. The van der Waals surface area contributed by atoms with Gasteiger partial charge in [-0.15, -0.1) is 0 Å². The number of nitrogens with zero attached hydrogens (tertiary/aromatic N) is 1. The quantitative estimate of drug-likeness (QED) is 0.792. The van der Waals surface area contributed by atoms with Gasteiger partial charge in [0.25, 0.3) is 0 Å². The Morgan fingerprint density at radius 1 is 1.41 bits per heavy atom. The minimum Gasteiger partial charge on any atom is -0.329 e. The van der Waals surface area contributed by atoms with Crippen LogP contribution in [0.1, 0.15) is 52.4 Å². The molecule has 1 saturated heterocycles. The normalized spacial score (nSPS) is 34.2. The molecular formula is C14H28N2S. The van der Waals surface area contributed by atoms with E-state index in [0.29, 0.717) is 10.8 Å². The number of unbranched alkanes of at least 4 members (excludes halogenated alkanes) is 1. The smallest absolute Gasteiger partial charge is 0.0450 e. The predicted molar refractivity (Wildman–Crippen MR) is 77.6 cm³/mol. The Morgan fingerprint density at radius 3 is 2.71 bits per heavy atom. The van der Waals surface area contributed by atoms with Crippen LogP contribution < -0.4 is 5.73 Å². The van der Waals surface area contributed by atoms with Crippen molar-refractivity contribution in [2.24, 2.45) is 5.73 Å². The molecule has 2 aliphatic rings. The Kier molecular flexibility index (Phi) is 4.79. The zero-order valence-electron chi connectivity index (χ0n) is 11.5. The van der Waals surface area contributed by atoms with Crippen molar-refractivity contribution >= 4 is 11.8 Å². The van der Waals surface area contributed by atoms with E-state index in [4.69, 9.17) is 5.73 Å². The molecular weight excluding hydrogens is 228 g/mol. The Morgan fingerprint density at radius 2 is 2.18 bits per heavy atom. The van der Waals surface area contributed by atoms with Gasteiger partial charge < -0.3 is 5.73 Å². The summed E-state index contributed by atoms with van der Waals surface area (Å²) in [5.74, 6) is 1.33. The predicted octanol–water partition coefficient (Wildman–Crippen LogP) is 2.86. The van der Waals surface area contributed by atoms with Gasteiger partial charge in [-0.05, 0) is 44.4 Å². The van der Waals surface area contributed by atoms with Crippen molar-refractivity contribution in [2.45, 2.75) is 69.2 Å². The van der Waals surface area contributed by atoms with Crippen molar-refractivity contribution in [1.82, 2.24) is 4.90 Å². The van der Waals surface area contributed by atoms with Crippen molar-refractivity contribution in [2.75, 3.05) is 18.8 Å². The molecule has 1 saturated carbocycles. The third-order valence-corrected chi connectivity index (χ3v) is 6.01. The van der Waals surface area contributed by atoms with Crippen molar-refractivity contribution in [3.05, 3.63) is 0 Å². The highest BCUT2D eigenvalue weighted by atomic mass is 32.2. The first kappa shape index (κ1) is 13.7. The molecule has 2 rings (SSSR count). The summed E-state index contributed by atoms with van der Waals surface area (Å²) in [5, 5.41) is 0.707. The standard InChI is InChI=1S/C14H28N2S/c1-3-4-9-16(13-6-7-13)14(11-15)8-5-10-17-12(14)2/h12-13H,3-11,15H2,1-2H3. The summed E-state index contributed by atoms with van der Waals surface area (Å²) >= 11 is 2.13. The Bertz CT molecular complexity index is 242. The fourth-order valence-electron chi connectivity index (χ4n) is 3.24. The summed E-state index contributed by atoms with van der Waals surface area (Å²) in [7, 11) is 0. The molecule has 1 heterocycles. The number of hydrogen-bond donors (Lipinski definition) is 1. The van der Waals surface area contributed by atoms with Crippen molar-refractivity contribution < 1.29 is 0 Å². The maximum atomic E-state index is 6.21. The molecule has 100 valence electrons. The minimum atomic E-state index is 0.305. The summed E-state index contributed by atoms with van der Waals surface area (Å²) < 4.78 is 0. The van der Waals surface area contributed by atoms with Gasteiger partial charge in [0.15, 0.2) is 0 Å². The summed E-state index contributed by atoms with van der Waals surface area (Å²) in [4.78, 5) is 2.80. The molecule has 2 atom stereocenters. The van der Waals surface area contributed by atoms with E-state index < -0.39 is 0 Å². The van der Waals surface area contributed by atoms with Crippen LogP contribution >= 0.6 is 11.8 Å².